The molecule has 2 aromatic rings. The lowest BCUT2D eigenvalue weighted by Gasteiger charge is -2.32. The summed E-state index contributed by atoms with van der Waals surface area (Å²) in [6.07, 6.45) is 1.80. The third-order valence-corrected chi connectivity index (χ3v) is 4.26. The highest BCUT2D eigenvalue weighted by atomic mass is 16.2. The number of amides is 1. The van der Waals surface area contributed by atoms with E-state index < -0.39 is 0 Å². The second-order valence-corrected chi connectivity index (χ2v) is 5.90. The number of carbonyl (C=O) groups is 2. The van der Waals surface area contributed by atoms with Crippen LogP contribution in [0.4, 0.5) is 0 Å². The van der Waals surface area contributed by atoms with Crippen molar-refractivity contribution in [1.29, 1.82) is 0 Å². The molecule has 5 heteroatoms. The lowest BCUT2D eigenvalue weighted by molar-refractivity contribution is -0.133. The van der Waals surface area contributed by atoms with E-state index in [4.69, 9.17) is 0 Å². The van der Waals surface area contributed by atoms with Crippen molar-refractivity contribution in [3.63, 3.8) is 0 Å². The van der Waals surface area contributed by atoms with Gasteiger partial charge in [0.1, 0.15) is 6.54 Å². The molecule has 1 aliphatic rings. The van der Waals surface area contributed by atoms with Crippen molar-refractivity contribution in [1.82, 2.24) is 14.4 Å². The number of rotatable bonds is 4. The summed E-state index contributed by atoms with van der Waals surface area (Å²) in [5.74, 6) is 0.0122. The number of piperazine rings is 1. The minimum atomic E-state index is -0.0539. The van der Waals surface area contributed by atoms with Gasteiger partial charge >= 0.3 is 0 Å². The minimum Gasteiger partial charge on any atom is -0.339 e. The molecule has 0 atom stereocenters. The van der Waals surface area contributed by atoms with Crippen LogP contribution in [0.2, 0.25) is 0 Å². The Labute approximate surface area is 136 Å². The Kier molecular flexibility index (Phi) is 4.57. The Hall–Kier alpha value is -2.40. The average Bonchev–Trinajstić information content (AvgIpc) is 3.03. The first-order chi connectivity index (χ1) is 11.1. The zero-order valence-electron chi connectivity index (χ0n) is 13.3. The number of aromatic nitrogens is 1. The van der Waals surface area contributed by atoms with Gasteiger partial charge in [-0.25, -0.2) is 0 Å². The monoisotopic (exact) mass is 311 g/mol. The number of ketones is 1. The smallest absolute Gasteiger partial charge is 0.242 e. The van der Waals surface area contributed by atoms with Crippen LogP contribution in [0.3, 0.4) is 0 Å². The summed E-state index contributed by atoms with van der Waals surface area (Å²) in [5, 5.41) is 0. The maximum Gasteiger partial charge on any atom is 0.242 e. The second kappa shape index (κ2) is 6.79. The van der Waals surface area contributed by atoms with Crippen LogP contribution < -0.4 is 0 Å². The second-order valence-electron chi connectivity index (χ2n) is 5.90. The molecule has 0 spiro atoms. The number of benzene rings is 1. The van der Waals surface area contributed by atoms with Gasteiger partial charge in [-0.05, 0) is 19.2 Å². The van der Waals surface area contributed by atoms with Crippen molar-refractivity contribution in [2.75, 3.05) is 33.2 Å². The summed E-state index contributed by atoms with van der Waals surface area (Å²) >= 11 is 0. The first-order valence-corrected chi connectivity index (χ1v) is 7.86. The van der Waals surface area contributed by atoms with Crippen LogP contribution in [0.5, 0.6) is 0 Å². The van der Waals surface area contributed by atoms with Gasteiger partial charge in [0.15, 0.2) is 0 Å². The van der Waals surface area contributed by atoms with E-state index in [1.165, 1.54) is 0 Å². The predicted molar refractivity (Wildman–Crippen MR) is 88.4 cm³/mol. The maximum atomic E-state index is 12.6. The zero-order chi connectivity index (χ0) is 16.2. The van der Waals surface area contributed by atoms with E-state index >= 15 is 0 Å². The van der Waals surface area contributed by atoms with Gasteiger partial charge in [0.25, 0.3) is 0 Å². The van der Waals surface area contributed by atoms with Gasteiger partial charge in [0.2, 0.25) is 11.7 Å². The van der Waals surface area contributed by atoms with Gasteiger partial charge in [-0.15, -0.1) is 0 Å². The molecule has 23 heavy (non-hydrogen) atoms. The molecule has 0 radical (unpaired) electrons. The highest BCUT2D eigenvalue weighted by Gasteiger charge is 2.21. The van der Waals surface area contributed by atoms with Gasteiger partial charge in [-0.3, -0.25) is 9.59 Å². The van der Waals surface area contributed by atoms with Gasteiger partial charge in [-0.2, -0.15) is 0 Å². The predicted octanol–water partition coefficient (Wildman–Crippen LogP) is 1.49. The Morgan fingerprint density at radius 3 is 2.35 bits per heavy atom. The summed E-state index contributed by atoms with van der Waals surface area (Å²) in [5.41, 5.74) is 1.19. The van der Waals surface area contributed by atoms with E-state index in [1.807, 2.05) is 29.2 Å². The topological polar surface area (TPSA) is 45.5 Å². The molecule has 0 unspecified atom stereocenters. The third-order valence-electron chi connectivity index (χ3n) is 4.26. The molecule has 0 saturated carbocycles. The number of hydrogen-bond donors (Lipinski definition) is 0. The quantitative estimate of drug-likeness (QED) is 0.804. The first-order valence-electron chi connectivity index (χ1n) is 7.86. The van der Waals surface area contributed by atoms with Crippen molar-refractivity contribution in [2.24, 2.45) is 0 Å². The van der Waals surface area contributed by atoms with Gasteiger partial charge in [-0.1, -0.05) is 30.3 Å². The molecule has 0 bridgehead atoms. The van der Waals surface area contributed by atoms with Crippen molar-refractivity contribution >= 4 is 11.7 Å². The van der Waals surface area contributed by atoms with Crippen LogP contribution in [0.15, 0.2) is 48.7 Å². The van der Waals surface area contributed by atoms with E-state index in [0.717, 1.165) is 26.2 Å². The van der Waals surface area contributed by atoms with Crippen LogP contribution >= 0.6 is 0 Å². The van der Waals surface area contributed by atoms with Crippen molar-refractivity contribution in [3.05, 3.63) is 59.9 Å². The average molecular weight is 311 g/mol. The standard InChI is InChI=1S/C18H21N3O2/c1-19-10-12-20(13-11-19)17(22)14-21-9-5-8-16(21)18(23)15-6-3-2-4-7-15/h2-9H,10-14H2,1H3. The molecule has 5 nitrogen and oxygen atoms in total. The molecule has 120 valence electrons. The Balaban J connectivity index is 1.71. The lowest BCUT2D eigenvalue weighted by atomic mass is 10.1. The van der Waals surface area contributed by atoms with E-state index in [0.29, 0.717) is 11.3 Å². The Bertz CT molecular complexity index is 685. The van der Waals surface area contributed by atoms with Crippen LogP contribution in [-0.4, -0.2) is 59.3 Å². The summed E-state index contributed by atoms with van der Waals surface area (Å²) in [7, 11) is 2.06. The SMILES string of the molecule is CN1CCN(C(=O)Cn2cccc2C(=O)c2ccccc2)CC1. The van der Waals surface area contributed by atoms with E-state index in [9.17, 15) is 9.59 Å². The van der Waals surface area contributed by atoms with Crippen molar-refractivity contribution in [2.45, 2.75) is 6.54 Å². The van der Waals surface area contributed by atoms with E-state index in [1.54, 1.807) is 29.0 Å². The van der Waals surface area contributed by atoms with E-state index in [2.05, 4.69) is 11.9 Å². The molecular formula is C18H21N3O2. The van der Waals surface area contributed by atoms with Crippen LogP contribution in [0, 0.1) is 0 Å². The van der Waals surface area contributed by atoms with E-state index in [-0.39, 0.29) is 18.2 Å². The minimum absolute atomic E-state index is 0.0539. The van der Waals surface area contributed by atoms with Gasteiger partial charge < -0.3 is 14.4 Å². The third kappa shape index (κ3) is 3.51. The molecule has 1 amide bonds. The van der Waals surface area contributed by atoms with Crippen LogP contribution in [-0.2, 0) is 11.3 Å². The molecule has 1 saturated heterocycles. The molecule has 1 aromatic carbocycles. The first kappa shape index (κ1) is 15.5. The molecule has 0 N–H and O–H groups in total. The van der Waals surface area contributed by atoms with Crippen molar-refractivity contribution in [3.8, 4) is 0 Å². The zero-order valence-corrected chi connectivity index (χ0v) is 13.3. The fourth-order valence-electron chi connectivity index (χ4n) is 2.80. The highest BCUT2D eigenvalue weighted by Crippen LogP contribution is 2.12. The van der Waals surface area contributed by atoms with Gasteiger partial charge in [0, 0.05) is 37.9 Å². The highest BCUT2D eigenvalue weighted by molar-refractivity contribution is 6.08. The molecular weight excluding hydrogens is 290 g/mol. The molecule has 1 aromatic heterocycles. The number of carbonyl (C=O) groups excluding carboxylic acids is 2. The fraction of sp³-hybridized carbons (Fsp3) is 0.333. The molecule has 3 rings (SSSR count). The van der Waals surface area contributed by atoms with Crippen LogP contribution in [0.25, 0.3) is 0 Å². The Morgan fingerprint density at radius 1 is 0.957 bits per heavy atom. The number of hydrogen-bond acceptors (Lipinski definition) is 3. The fourth-order valence-corrected chi connectivity index (χ4v) is 2.80. The molecule has 1 fully saturated rings. The molecule has 1 aliphatic heterocycles. The van der Waals surface area contributed by atoms with Crippen molar-refractivity contribution < 1.29 is 9.59 Å². The largest absolute Gasteiger partial charge is 0.339 e. The Morgan fingerprint density at radius 2 is 1.65 bits per heavy atom. The summed E-state index contributed by atoms with van der Waals surface area (Å²) in [4.78, 5) is 29.1. The normalized spacial score (nSPS) is 15.6. The summed E-state index contributed by atoms with van der Waals surface area (Å²) in [6, 6.07) is 12.7. The molecule has 2 heterocycles. The summed E-state index contributed by atoms with van der Waals surface area (Å²) in [6.45, 7) is 3.50. The number of nitrogens with zero attached hydrogens (tertiary/aromatic N) is 3. The number of likely N-dealkylation sites (N-methyl/N-ethyl adjacent to an activating group) is 1. The maximum absolute atomic E-state index is 12.6. The molecule has 0 aliphatic carbocycles. The van der Waals surface area contributed by atoms with Gasteiger partial charge in [0.05, 0.1) is 5.69 Å². The lowest BCUT2D eigenvalue weighted by Crippen LogP contribution is -2.48. The van der Waals surface area contributed by atoms with Crippen LogP contribution in [0.1, 0.15) is 16.1 Å². The summed E-state index contributed by atoms with van der Waals surface area (Å²) < 4.78 is 1.75.